The van der Waals surface area contributed by atoms with Gasteiger partial charge in [-0.3, -0.25) is 9.59 Å². The molecule has 1 atom stereocenters. The largest absolute Gasteiger partial charge is 0.337 e. The van der Waals surface area contributed by atoms with E-state index in [1.807, 2.05) is 6.92 Å². The first-order chi connectivity index (χ1) is 12.5. The molecule has 0 bridgehead atoms. The fourth-order valence-electron chi connectivity index (χ4n) is 3.81. The summed E-state index contributed by atoms with van der Waals surface area (Å²) in [5.41, 5.74) is 1.58. The number of nitrogens with zero attached hydrogens (tertiary/aromatic N) is 5. The van der Waals surface area contributed by atoms with Crippen LogP contribution in [-0.2, 0) is 4.79 Å². The number of aromatic nitrogens is 2. The van der Waals surface area contributed by atoms with Gasteiger partial charge in [0.1, 0.15) is 0 Å². The lowest BCUT2D eigenvalue weighted by Crippen LogP contribution is -2.34. The van der Waals surface area contributed by atoms with Gasteiger partial charge in [-0.05, 0) is 49.1 Å². The van der Waals surface area contributed by atoms with Crippen LogP contribution in [0.1, 0.15) is 33.8 Å². The quantitative estimate of drug-likeness (QED) is 0.810. The average Bonchev–Trinajstić information content (AvgIpc) is 3.34. The molecule has 1 unspecified atom stereocenters. The molecule has 132 valence electrons. The molecule has 2 aliphatic rings. The smallest absolute Gasteiger partial charge is 0.275 e. The Morgan fingerprint density at radius 3 is 2.73 bits per heavy atom. The number of aryl methyl sites for hydroxylation is 1. The van der Waals surface area contributed by atoms with Crippen molar-refractivity contribution in [3.63, 3.8) is 0 Å². The number of nitriles is 1. The second kappa shape index (κ2) is 6.18. The van der Waals surface area contributed by atoms with Crippen LogP contribution in [0.15, 0.2) is 24.3 Å². The fraction of sp³-hybridized carbons (Fsp3) is 0.389. The molecule has 0 radical (unpaired) electrons. The number of benzene rings is 1. The van der Waals surface area contributed by atoms with Crippen molar-refractivity contribution >= 4 is 29.0 Å². The molecule has 0 N–H and O–H groups in total. The van der Waals surface area contributed by atoms with Crippen LogP contribution in [0.25, 0.3) is 0 Å². The maximum Gasteiger partial charge on any atom is 0.275 e. The summed E-state index contributed by atoms with van der Waals surface area (Å²) in [6, 6.07) is 9.13. The van der Waals surface area contributed by atoms with Crippen LogP contribution in [0, 0.1) is 23.7 Å². The number of carbonyl (C=O) groups excluding carboxylic acids is 2. The van der Waals surface area contributed by atoms with E-state index in [2.05, 4.69) is 15.7 Å². The van der Waals surface area contributed by atoms with Crippen LogP contribution >= 0.6 is 11.5 Å². The third kappa shape index (κ3) is 2.74. The van der Waals surface area contributed by atoms with Gasteiger partial charge in [-0.2, -0.15) is 5.26 Å². The Balaban J connectivity index is 1.50. The highest BCUT2D eigenvalue weighted by Crippen LogP contribution is 2.42. The van der Waals surface area contributed by atoms with Gasteiger partial charge >= 0.3 is 0 Å². The summed E-state index contributed by atoms with van der Waals surface area (Å²) >= 11 is 1.22. The second-order valence-electron chi connectivity index (χ2n) is 6.97. The average molecular weight is 367 g/mol. The Bertz CT molecular complexity index is 916. The summed E-state index contributed by atoms with van der Waals surface area (Å²) in [6.45, 7) is 3.62. The number of carbonyl (C=O) groups is 2. The van der Waals surface area contributed by atoms with Crippen LogP contribution in [0.4, 0.5) is 5.69 Å². The molecule has 26 heavy (non-hydrogen) atoms. The zero-order valence-electron chi connectivity index (χ0n) is 14.3. The van der Waals surface area contributed by atoms with Gasteiger partial charge in [0.15, 0.2) is 5.69 Å². The zero-order chi connectivity index (χ0) is 18.3. The number of rotatable bonds is 2. The Morgan fingerprint density at radius 2 is 2.08 bits per heavy atom. The van der Waals surface area contributed by atoms with Crippen LogP contribution in [0.3, 0.4) is 0 Å². The molecule has 2 saturated heterocycles. The molecule has 4 rings (SSSR count). The maximum absolute atomic E-state index is 12.7. The van der Waals surface area contributed by atoms with Gasteiger partial charge in [0, 0.05) is 37.2 Å². The molecule has 0 aliphatic carbocycles. The van der Waals surface area contributed by atoms with Gasteiger partial charge in [-0.25, -0.2) is 0 Å². The first-order valence-corrected chi connectivity index (χ1v) is 9.17. The molecular formula is C18H17N5O2S. The summed E-state index contributed by atoms with van der Waals surface area (Å²) in [7, 11) is 0. The number of likely N-dealkylation sites (tertiary alicyclic amines) is 1. The third-order valence-electron chi connectivity index (χ3n) is 5.21. The molecule has 2 amide bonds. The highest BCUT2D eigenvalue weighted by Gasteiger charge is 2.49. The van der Waals surface area contributed by atoms with Gasteiger partial charge < -0.3 is 9.80 Å². The molecule has 1 spiro atoms. The van der Waals surface area contributed by atoms with E-state index in [1.54, 1.807) is 34.1 Å². The van der Waals surface area contributed by atoms with Crippen LogP contribution in [0.2, 0.25) is 0 Å². The van der Waals surface area contributed by atoms with Crippen LogP contribution < -0.4 is 4.90 Å². The van der Waals surface area contributed by atoms with E-state index < -0.39 is 0 Å². The summed E-state index contributed by atoms with van der Waals surface area (Å²) in [5.74, 6) is -0.0343. The van der Waals surface area contributed by atoms with E-state index in [9.17, 15) is 9.59 Å². The predicted molar refractivity (Wildman–Crippen MR) is 95.7 cm³/mol. The van der Waals surface area contributed by atoms with Crippen molar-refractivity contribution in [3.8, 4) is 6.07 Å². The van der Waals surface area contributed by atoms with E-state index in [0.717, 1.165) is 17.0 Å². The Labute approximate surface area is 155 Å². The SMILES string of the molecule is Cc1snnc1C(=O)N1CCC2(CC(=O)N(c3ccc(C#N)cc3)C2)C1. The summed E-state index contributed by atoms with van der Waals surface area (Å²) in [4.78, 5) is 29.6. The molecule has 0 saturated carbocycles. The molecule has 8 heteroatoms. The van der Waals surface area contributed by atoms with E-state index >= 15 is 0 Å². The van der Waals surface area contributed by atoms with E-state index in [0.29, 0.717) is 37.3 Å². The van der Waals surface area contributed by atoms with Crippen molar-refractivity contribution in [2.24, 2.45) is 5.41 Å². The number of amides is 2. The second-order valence-corrected chi connectivity index (χ2v) is 7.93. The molecule has 1 aromatic heterocycles. The molecule has 7 nitrogen and oxygen atoms in total. The minimum Gasteiger partial charge on any atom is -0.337 e. The van der Waals surface area contributed by atoms with Gasteiger partial charge in [-0.15, -0.1) is 5.10 Å². The van der Waals surface area contributed by atoms with Crippen molar-refractivity contribution < 1.29 is 9.59 Å². The van der Waals surface area contributed by atoms with E-state index in [1.165, 1.54) is 11.5 Å². The molecule has 3 heterocycles. The van der Waals surface area contributed by atoms with Crippen LogP contribution in [0.5, 0.6) is 0 Å². The first kappa shape index (κ1) is 16.7. The first-order valence-electron chi connectivity index (χ1n) is 8.40. The minimum atomic E-state index is -0.210. The maximum atomic E-state index is 12.7. The fourth-order valence-corrected chi connectivity index (χ4v) is 4.27. The summed E-state index contributed by atoms with van der Waals surface area (Å²) < 4.78 is 3.84. The van der Waals surface area contributed by atoms with Gasteiger partial charge in [0.2, 0.25) is 5.91 Å². The molecule has 2 fully saturated rings. The Kier molecular flexibility index (Phi) is 3.96. The lowest BCUT2D eigenvalue weighted by Gasteiger charge is -2.24. The minimum absolute atomic E-state index is 0.0653. The molecule has 2 aliphatic heterocycles. The number of anilines is 1. The number of hydrogen-bond acceptors (Lipinski definition) is 6. The van der Waals surface area contributed by atoms with Gasteiger partial charge in [-0.1, -0.05) is 4.49 Å². The van der Waals surface area contributed by atoms with E-state index in [-0.39, 0.29) is 17.2 Å². The number of hydrogen-bond donors (Lipinski definition) is 0. The standard InChI is InChI=1S/C18H17N5O2S/c1-12-16(20-21-26-12)17(25)22-7-6-18(10-22)8-15(24)23(11-18)14-4-2-13(9-19)3-5-14/h2-5H,6-8,10-11H2,1H3. The summed E-state index contributed by atoms with van der Waals surface area (Å²) in [6.07, 6.45) is 1.24. The van der Waals surface area contributed by atoms with Crippen molar-refractivity contribution in [3.05, 3.63) is 40.4 Å². The topological polar surface area (TPSA) is 90.2 Å². The van der Waals surface area contributed by atoms with Gasteiger partial charge in [0.05, 0.1) is 16.5 Å². The van der Waals surface area contributed by atoms with Gasteiger partial charge in [0.25, 0.3) is 5.91 Å². The zero-order valence-corrected chi connectivity index (χ0v) is 15.1. The van der Waals surface area contributed by atoms with Crippen molar-refractivity contribution in [1.29, 1.82) is 5.26 Å². The highest BCUT2D eigenvalue weighted by atomic mass is 32.1. The van der Waals surface area contributed by atoms with E-state index in [4.69, 9.17) is 5.26 Å². The van der Waals surface area contributed by atoms with Crippen LogP contribution in [-0.4, -0.2) is 45.9 Å². The lowest BCUT2D eigenvalue weighted by atomic mass is 9.86. The van der Waals surface area contributed by atoms with Crippen molar-refractivity contribution in [2.45, 2.75) is 19.8 Å². The summed E-state index contributed by atoms with van der Waals surface area (Å²) in [5, 5.41) is 12.9. The van der Waals surface area contributed by atoms with Crippen molar-refractivity contribution in [1.82, 2.24) is 14.5 Å². The lowest BCUT2D eigenvalue weighted by molar-refractivity contribution is -0.117. The monoisotopic (exact) mass is 367 g/mol. The Morgan fingerprint density at radius 1 is 1.31 bits per heavy atom. The molecule has 2 aromatic rings. The van der Waals surface area contributed by atoms with Crippen molar-refractivity contribution in [2.75, 3.05) is 24.5 Å². The third-order valence-corrected chi connectivity index (χ3v) is 5.84. The molecule has 1 aromatic carbocycles. The normalized spacial score (nSPS) is 22.2. The Hall–Kier alpha value is -2.79. The predicted octanol–water partition coefficient (Wildman–Crippen LogP) is 1.99. The highest BCUT2D eigenvalue weighted by molar-refractivity contribution is 7.05. The molecular weight excluding hydrogens is 350 g/mol.